The van der Waals surface area contributed by atoms with Gasteiger partial charge in [-0.05, 0) is 49.7 Å². The third kappa shape index (κ3) is 4.40. The molecule has 0 aliphatic carbocycles. The molecule has 1 atom stereocenters. The Bertz CT molecular complexity index is 773. The molecule has 0 amide bonds. The Hall–Kier alpha value is -2.24. The molecule has 0 saturated carbocycles. The third-order valence-corrected chi connectivity index (χ3v) is 4.82. The van der Waals surface area contributed by atoms with Crippen LogP contribution in [-0.4, -0.2) is 21.6 Å². The van der Waals surface area contributed by atoms with Crippen molar-refractivity contribution in [3.8, 4) is 17.0 Å². The van der Waals surface area contributed by atoms with Crippen LogP contribution in [0.2, 0.25) is 0 Å². The molecule has 5 heteroatoms. The van der Waals surface area contributed by atoms with Gasteiger partial charge < -0.3 is 10.4 Å². The first-order valence-corrected chi connectivity index (χ1v) is 8.97. The zero-order chi connectivity index (χ0) is 16.8. The third-order valence-electron chi connectivity index (χ3n) is 3.92. The van der Waals surface area contributed by atoms with E-state index in [1.165, 1.54) is 0 Å². The van der Waals surface area contributed by atoms with Crippen LogP contribution in [0.1, 0.15) is 30.0 Å². The van der Waals surface area contributed by atoms with Gasteiger partial charge in [-0.1, -0.05) is 12.1 Å². The first kappa shape index (κ1) is 16.6. The number of hydrogen-bond acceptors (Lipinski definition) is 5. The largest absolute Gasteiger partial charge is 0.508 e. The van der Waals surface area contributed by atoms with E-state index in [1.54, 1.807) is 35.9 Å². The van der Waals surface area contributed by atoms with Gasteiger partial charge in [-0.25, -0.2) is 4.98 Å². The molecule has 1 aromatic carbocycles. The number of aromatic nitrogens is 2. The highest BCUT2D eigenvalue weighted by atomic mass is 32.1. The number of rotatable bonds is 7. The topological polar surface area (TPSA) is 58.0 Å². The zero-order valence-corrected chi connectivity index (χ0v) is 14.5. The van der Waals surface area contributed by atoms with Crippen LogP contribution in [0.3, 0.4) is 0 Å². The van der Waals surface area contributed by atoms with Crippen molar-refractivity contribution in [1.29, 1.82) is 0 Å². The van der Waals surface area contributed by atoms with Crippen LogP contribution >= 0.6 is 11.3 Å². The average Bonchev–Trinajstić information content (AvgIpc) is 3.08. The van der Waals surface area contributed by atoms with Crippen LogP contribution in [-0.2, 0) is 6.42 Å². The van der Waals surface area contributed by atoms with Gasteiger partial charge in [0.1, 0.15) is 5.75 Å². The van der Waals surface area contributed by atoms with Crippen LogP contribution in [0.25, 0.3) is 11.3 Å². The maximum atomic E-state index is 9.54. The van der Waals surface area contributed by atoms with E-state index in [0.717, 1.165) is 41.2 Å². The molecule has 0 aliphatic rings. The highest BCUT2D eigenvalue weighted by Crippen LogP contribution is 2.22. The standard InChI is InChI=1S/C19H21N3OS/c1-14(16-4-2-5-17(23)12-16)21-9-3-6-19-22-18(13-24-19)15-7-10-20-11-8-15/h2,4-5,7-8,10-14,21,23H,3,6,9H2,1H3. The van der Waals surface area contributed by atoms with Gasteiger partial charge in [0, 0.05) is 35.8 Å². The van der Waals surface area contributed by atoms with E-state index in [0.29, 0.717) is 5.75 Å². The molecule has 0 bridgehead atoms. The molecule has 1 unspecified atom stereocenters. The monoisotopic (exact) mass is 339 g/mol. The Morgan fingerprint density at radius 1 is 1.21 bits per heavy atom. The quantitative estimate of drug-likeness (QED) is 0.634. The lowest BCUT2D eigenvalue weighted by Gasteiger charge is -2.14. The SMILES string of the molecule is CC(NCCCc1nc(-c2ccncc2)cs1)c1cccc(O)c1. The van der Waals surface area contributed by atoms with Crippen molar-refractivity contribution >= 4 is 11.3 Å². The highest BCUT2D eigenvalue weighted by molar-refractivity contribution is 7.09. The smallest absolute Gasteiger partial charge is 0.115 e. The molecule has 3 rings (SSSR count). The van der Waals surface area contributed by atoms with E-state index in [4.69, 9.17) is 4.98 Å². The van der Waals surface area contributed by atoms with E-state index in [2.05, 4.69) is 22.6 Å². The summed E-state index contributed by atoms with van der Waals surface area (Å²) in [5.74, 6) is 0.313. The van der Waals surface area contributed by atoms with Gasteiger partial charge >= 0.3 is 0 Å². The van der Waals surface area contributed by atoms with Gasteiger partial charge in [-0.15, -0.1) is 11.3 Å². The van der Waals surface area contributed by atoms with Gasteiger partial charge in [0.15, 0.2) is 0 Å². The molecule has 2 N–H and O–H groups in total. The Morgan fingerprint density at radius 2 is 2.04 bits per heavy atom. The summed E-state index contributed by atoms with van der Waals surface area (Å²) in [4.78, 5) is 8.73. The van der Waals surface area contributed by atoms with Crippen molar-refractivity contribution in [3.05, 3.63) is 64.7 Å². The predicted molar refractivity (Wildman–Crippen MR) is 98.2 cm³/mol. The van der Waals surface area contributed by atoms with Gasteiger partial charge in [-0.3, -0.25) is 4.98 Å². The van der Waals surface area contributed by atoms with Crippen LogP contribution in [0.4, 0.5) is 0 Å². The zero-order valence-electron chi connectivity index (χ0n) is 13.6. The summed E-state index contributed by atoms with van der Waals surface area (Å²) in [6.07, 6.45) is 5.59. The Morgan fingerprint density at radius 3 is 2.83 bits per heavy atom. The first-order chi connectivity index (χ1) is 11.7. The molecular weight excluding hydrogens is 318 g/mol. The first-order valence-electron chi connectivity index (χ1n) is 8.09. The number of nitrogens with one attached hydrogen (secondary N) is 1. The average molecular weight is 339 g/mol. The van der Waals surface area contributed by atoms with Crippen molar-refractivity contribution in [2.75, 3.05) is 6.54 Å². The predicted octanol–water partition coefficient (Wildman–Crippen LogP) is 4.19. The normalized spacial score (nSPS) is 12.2. The molecule has 24 heavy (non-hydrogen) atoms. The van der Waals surface area contributed by atoms with E-state index in [-0.39, 0.29) is 6.04 Å². The number of phenolic OH excluding ortho intramolecular Hbond substituents is 1. The summed E-state index contributed by atoms with van der Waals surface area (Å²) in [7, 11) is 0. The molecule has 0 radical (unpaired) electrons. The summed E-state index contributed by atoms with van der Waals surface area (Å²) in [5, 5.41) is 16.3. The van der Waals surface area contributed by atoms with Gasteiger partial charge in [0.2, 0.25) is 0 Å². The van der Waals surface area contributed by atoms with Gasteiger partial charge in [0.25, 0.3) is 0 Å². The lowest BCUT2D eigenvalue weighted by atomic mass is 10.1. The summed E-state index contributed by atoms with van der Waals surface area (Å²) < 4.78 is 0. The van der Waals surface area contributed by atoms with E-state index in [1.807, 2.05) is 24.3 Å². The number of nitrogens with zero attached hydrogens (tertiary/aromatic N) is 2. The van der Waals surface area contributed by atoms with Crippen molar-refractivity contribution in [2.45, 2.75) is 25.8 Å². The lowest BCUT2D eigenvalue weighted by molar-refractivity contribution is 0.472. The molecule has 0 fully saturated rings. The molecule has 124 valence electrons. The van der Waals surface area contributed by atoms with Gasteiger partial charge in [-0.2, -0.15) is 0 Å². The van der Waals surface area contributed by atoms with Crippen molar-refractivity contribution in [2.24, 2.45) is 0 Å². The fourth-order valence-corrected chi connectivity index (χ4v) is 3.40. The molecule has 0 spiro atoms. The summed E-state index contributed by atoms with van der Waals surface area (Å²) in [6.45, 7) is 3.03. The minimum atomic E-state index is 0.223. The number of aromatic hydroxyl groups is 1. The molecule has 3 aromatic rings. The Balaban J connectivity index is 1.46. The molecule has 0 aliphatic heterocycles. The van der Waals surface area contributed by atoms with Crippen molar-refractivity contribution < 1.29 is 5.11 Å². The number of thiazole rings is 1. The number of hydrogen-bond donors (Lipinski definition) is 2. The number of phenols is 1. The summed E-state index contributed by atoms with van der Waals surface area (Å²) in [5.41, 5.74) is 3.24. The van der Waals surface area contributed by atoms with E-state index < -0.39 is 0 Å². The summed E-state index contributed by atoms with van der Waals surface area (Å²) in [6, 6.07) is 11.6. The number of benzene rings is 1. The second-order valence-corrected chi connectivity index (χ2v) is 6.68. The molecular formula is C19H21N3OS. The highest BCUT2D eigenvalue weighted by Gasteiger charge is 2.07. The minimum absolute atomic E-state index is 0.223. The fraction of sp³-hybridized carbons (Fsp3) is 0.263. The number of pyridine rings is 1. The maximum Gasteiger partial charge on any atom is 0.115 e. The summed E-state index contributed by atoms with van der Waals surface area (Å²) >= 11 is 1.71. The molecule has 0 saturated heterocycles. The molecule has 2 heterocycles. The van der Waals surface area contributed by atoms with E-state index >= 15 is 0 Å². The second-order valence-electron chi connectivity index (χ2n) is 5.74. The Labute approximate surface area is 146 Å². The molecule has 4 nitrogen and oxygen atoms in total. The number of aryl methyl sites for hydroxylation is 1. The van der Waals surface area contributed by atoms with E-state index in [9.17, 15) is 5.11 Å². The minimum Gasteiger partial charge on any atom is -0.508 e. The van der Waals surface area contributed by atoms with Crippen LogP contribution in [0.5, 0.6) is 5.75 Å². The van der Waals surface area contributed by atoms with Crippen molar-refractivity contribution in [1.82, 2.24) is 15.3 Å². The second kappa shape index (κ2) is 8.04. The maximum absolute atomic E-state index is 9.54. The van der Waals surface area contributed by atoms with Crippen LogP contribution in [0, 0.1) is 0 Å². The van der Waals surface area contributed by atoms with Crippen LogP contribution < -0.4 is 5.32 Å². The van der Waals surface area contributed by atoms with Crippen molar-refractivity contribution in [3.63, 3.8) is 0 Å². The lowest BCUT2D eigenvalue weighted by Crippen LogP contribution is -2.20. The molecule has 2 aromatic heterocycles. The van der Waals surface area contributed by atoms with Gasteiger partial charge in [0.05, 0.1) is 10.7 Å². The fourth-order valence-electron chi connectivity index (χ4n) is 2.55. The Kier molecular flexibility index (Phi) is 5.56. The van der Waals surface area contributed by atoms with Crippen LogP contribution in [0.15, 0.2) is 54.2 Å².